The monoisotopic (exact) mass is 349 g/mol. The first-order chi connectivity index (χ1) is 12.5. The van der Waals surface area contributed by atoms with Gasteiger partial charge in [-0.15, -0.1) is 0 Å². The molecule has 0 aromatic carbocycles. The Morgan fingerprint density at radius 1 is 1.04 bits per heavy atom. The molecule has 0 unspecified atom stereocenters. The fourth-order valence-electron chi connectivity index (χ4n) is 3.58. The van der Waals surface area contributed by atoms with Gasteiger partial charge in [0.1, 0.15) is 0 Å². The molecule has 3 heteroatoms. The van der Waals surface area contributed by atoms with Gasteiger partial charge in [0.2, 0.25) is 0 Å². The van der Waals surface area contributed by atoms with Crippen molar-refractivity contribution in [3.63, 3.8) is 0 Å². The number of pyridine rings is 2. The highest BCUT2D eigenvalue weighted by molar-refractivity contribution is 5.84. The zero-order chi connectivity index (χ0) is 18.8. The molecule has 0 bridgehead atoms. The quantitative estimate of drug-likeness (QED) is 0.530. The molecule has 0 aliphatic carbocycles. The number of rotatable bonds is 6. The van der Waals surface area contributed by atoms with E-state index < -0.39 is 0 Å². The van der Waals surface area contributed by atoms with Crippen LogP contribution in [0.3, 0.4) is 0 Å². The van der Waals surface area contributed by atoms with Crippen LogP contribution in [0.15, 0.2) is 24.4 Å². The van der Waals surface area contributed by atoms with E-state index in [1.54, 1.807) is 0 Å². The largest absolute Gasteiger partial charge is 0.346 e. The number of hydrogen-bond donors (Lipinski definition) is 0. The van der Waals surface area contributed by atoms with Crippen LogP contribution in [0.5, 0.6) is 0 Å². The highest BCUT2D eigenvalue weighted by Crippen LogP contribution is 2.30. The van der Waals surface area contributed by atoms with Crippen LogP contribution in [0.2, 0.25) is 0 Å². The number of aromatic nitrogens is 3. The summed E-state index contributed by atoms with van der Waals surface area (Å²) in [6.07, 6.45) is 5.57. The van der Waals surface area contributed by atoms with E-state index >= 15 is 0 Å². The van der Waals surface area contributed by atoms with Gasteiger partial charge in [-0.1, -0.05) is 34.1 Å². The average molecular weight is 350 g/mol. The summed E-state index contributed by atoms with van der Waals surface area (Å²) in [4.78, 5) is 10.0. The van der Waals surface area contributed by atoms with Crippen molar-refractivity contribution >= 4 is 11.0 Å². The SMILES string of the molecule is CCCCn1cc(C)c2nc(-c3ccc(C(C)C)nc3CC)c(C)cc21. The fraction of sp³-hybridized carbons (Fsp3) is 0.478. The summed E-state index contributed by atoms with van der Waals surface area (Å²) in [7, 11) is 0. The normalized spacial score (nSPS) is 11.7. The molecule has 26 heavy (non-hydrogen) atoms. The predicted molar refractivity (Wildman–Crippen MR) is 111 cm³/mol. The molecular weight excluding hydrogens is 318 g/mol. The molecule has 0 spiro atoms. The molecule has 0 N–H and O–H groups in total. The zero-order valence-electron chi connectivity index (χ0n) is 17.1. The Labute approximate surface area is 157 Å². The Morgan fingerprint density at radius 3 is 2.46 bits per heavy atom. The summed E-state index contributed by atoms with van der Waals surface area (Å²) < 4.78 is 2.36. The first kappa shape index (κ1) is 18.6. The number of fused-ring (bicyclic) bond motifs is 1. The van der Waals surface area contributed by atoms with E-state index in [4.69, 9.17) is 9.97 Å². The van der Waals surface area contributed by atoms with E-state index in [0.29, 0.717) is 5.92 Å². The van der Waals surface area contributed by atoms with E-state index in [0.717, 1.165) is 35.6 Å². The summed E-state index contributed by atoms with van der Waals surface area (Å²) in [6, 6.07) is 6.67. The molecule has 3 nitrogen and oxygen atoms in total. The summed E-state index contributed by atoms with van der Waals surface area (Å²) in [5.74, 6) is 0.445. The average Bonchev–Trinajstić information content (AvgIpc) is 2.93. The van der Waals surface area contributed by atoms with E-state index in [2.05, 4.69) is 70.5 Å². The van der Waals surface area contributed by atoms with Crippen LogP contribution in [0.4, 0.5) is 0 Å². The van der Waals surface area contributed by atoms with Crippen molar-refractivity contribution < 1.29 is 0 Å². The first-order valence-corrected chi connectivity index (χ1v) is 9.93. The minimum absolute atomic E-state index is 0.445. The van der Waals surface area contributed by atoms with Gasteiger partial charge in [-0.2, -0.15) is 0 Å². The lowest BCUT2D eigenvalue weighted by molar-refractivity contribution is 0.649. The van der Waals surface area contributed by atoms with Crippen molar-refractivity contribution in [1.82, 2.24) is 14.5 Å². The molecule has 0 amide bonds. The molecule has 0 radical (unpaired) electrons. The second kappa shape index (κ2) is 7.61. The Kier molecular flexibility index (Phi) is 5.45. The van der Waals surface area contributed by atoms with Gasteiger partial charge >= 0.3 is 0 Å². The van der Waals surface area contributed by atoms with Crippen LogP contribution in [0, 0.1) is 13.8 Å². The topological polar surface area (TPSA) is 30.7 Å². The van der Waals surface area contributed by atoms with Crippen LogP contribution in [0.1, 0.15) is 69.0 Å². The molecule has 3 rings (SSSR count). The third-order valence-corrected chi connectivity index (χ3v) is 5.16. The van der Waals surface area contributed by atoms with Crippen LogP contribution in [-0.4, -0.2) is 14.5 Å². The van der Waals surface area contributed by atoms with Crippen molar-refractivity contribution in [2.45, 2.75) is 73.3 Å². The van der Waals surface area contributed by atoms with Gasteiger partial charge in [0.05, 0.1) is 16.7 Å². The van der Waals surface area contributed by atoms with Gasteiger partial charge in [-0.25, -0.2) is 4.98 Å². The Hall–Kier alpha value is -2.16. The molecule has 3 aromatic heterocycles. The molecular formula is C23H31N3. The first-order valence-electron chi connectivity index (χ1n) is 9.93. The summed E-state index contributed by atoms with van der Waals surface area (Å²) in [6.45, 7) is 14.2. The van der Waals surface area contributed by atoms with E-state index in [9.17, 15) is 0 Å². The lowest BCUT2D eigenvalue weighted by atomic mass is 10.0. The number of aryl methyl sites for hydroxylation is 4. The highest BCUT2D eigenvalue weighted by atomic mass is 15.0. The minimum Gasteiger partial charge on any atom is -0.346 e. The summed E-state index contributed by atoms with van der Waals surface area (Å²) in [5, 5.41) is 0. The Bertz CT molecular complexity index is 919. The van der Waals surface area contributed by atoms with E-state index in [1.807, 2.05) is 0 Å². The molecule has 0 atom stereocenters. The van der Waals surface area contributed by atoms with Crippen molar-refractivity contribution in [2.24, 2.45) is 0 Å². The van der Waals surface area contributed by atoms with Crippen LogP contribution < -0.4 is 0 Å². The Morgan fingerprint density at radius 2 is 1.81 bits per heavy atom. The second-order valence-corrected chi connectivity index (χ2v) is 7.62. The third-order valence-electron chi connectivity index (χ3n) is 5.16. The molecule has 0 saturated heterocycles. The van der Waals surface area contributed by atoms with Crippen molar-refractivity contribution in [3.05, 3.63) is 46.9 Å². The lowest BCUT2D eigenvalue weighted by Crippen LogP contribution is -2.02. The third kappa shape index (κ3) is 3.40. The number of nitrogens with zero attached hydrogens (tertiary/aromatic N) is 3. The molecule has 0 fully saturated rings. The van der Waals surface area contributed by atoms with Gasteiger partial charge in [0, 0.05) is 29.7 Å². The smallest absolute Gasteiger partial charge is 0.0917 e. The standard InChI is InChI=1S/C23H31N3/c1-7-9-12-26-14-17(6)23-21(26)13-16(5)22(25-23)18-10-11-20(15(3)4)24-19(18)8-2/h10-11,13-15H,7-9,12H2,1-6H3. The van der Waals surface area contributed by atoms with E-state index in [-0.39, 0.29) is 0 Å². The number of unbranched alkanes of at least 4 members (excludes halogenated alkanes) is 1. The van der Waals surface area contributed by atoms with Crippen LogP contribution >= 0.6 is 0 Å². The van der Waals surface area contributed by atoms with Crippen molar-refractivity contribution in [1.29, 1.82) is 0 Å². The van der Waals surface area contributed by atoms with Crippen molar-refractivity contribution in [3.8, 4) is 11.3 Å². The molecule has 3 aromatic rings. The molecule has 0 aliphatic heterocycles. The van der Waals surface area contributed by atoms with Crippen LogP contribution in [-0.2, 0) is 13.0 Å². The molecule has 0 saturated carbocycles. The summed E-state index contributed by atoms with van der Waals surface area (Å²) >= 11 is 0. The maximum absolute atomic E-state index is 5.10. The van der Waals surface area contributed by atoms with Crippen molar-refractivity contribution in [2.75, 3.05) is 0 Å². The van der Waals surface area contributed by atoms with Gasteiger partial charge < -0.3 is 4.57 Å². The summed E-state index contributed by atoms with van der Waals surface area (Å²) in [5.41, 5.74) is 9.41. The molecule has 138 valence electrons. The lowest BCUT2D eigenvalue weighted by Gasteiger charge is -2.14. The van der Waals surface area contributed by atoms with Gasteiger partial charge in [-0.3, -0.25) is 4.98 Å². The second-order valence-electron chi connectivity index (χ2n) is 7.62. The van der Waals surface area contributed by atoms with Crippen LogP contribution in [0.25, 0.3) is 22.3 Å². The Balaban J connectivity index is 2.14. The van der Waals surface area contributed by atoms with Gasteiger partial charge in [0.15, 0.2) is 0 Å². The maximum atomic E-state index is 5.10. The minimum atomic E-state index is 0.445. The number of hydrogen-bond acceptors (Lipinski definition) is 2. The van der Waals surface area contributed by atoms with Gasteiger partial charge in [0.25, 0.3) is 0 Å². The highest BCUT2D eigenvalue weighted by Gasteiger charge is 2.15. The fourth-order valence-corrected chi connectivity index (χ4v) is 3.58. The van der Waals surface area contributed by atoms with Gasteiger partial charge in [-0.05, 0) is 61.9 Å². The van der Waals surface area contributed by atoms with E-state index in [1.165, 1.54) is 35.0 Å². The predicted octanol–water partition coefficient (Wildman–Crippen LogP) is 6.20. The molecule has 3 heterocycles. The zero-order valence-corrected chi connectivity index (χ0v) is 17.1. The molecule has 0 aliphatic rings. The maximum Gasteiger partial charge on any atom is 0.0917 e.